The van der Waals surface area contributed by atoms with Gasteiger partial charge < -0.3 is 145 Å². The monoisotopic (exact) mass is 1430 g/mol. The largest absolute Gasteiger partial charge is 0.394 e. The lowest BCUT2D eigenvalue weighted by Gasteiger charge is -2.33. The zero-order valence-corrected chi connectivity index (χ0v) is 58.0. The van der Waals surface area contributed by atoms with Crippen LogP contribution in [0.25, 0.3) is 0 Å². The summed E-state index contributed by atoms with van der Waals surface area (Å²) in [4.78, 5) is 64.8. The average Bonchev–Trinajstić information content (AvgIpc) is 0.907. The Morgan fingerprint density at radius 2 is 0.808 bits per heavy atom. The fourth-order valence-corrected chi connectivity index (χ4v) is 8.83. The molecule has 0 aliphatic heterocycles. The van der Waals surface area contributed by atoms with Crippen molar-refractivity contribution in [3.63, 3.8) is 0 Å². The first-order valence-electron chi connectivity index (χ1n) is 33.9. The fourth-order valence-electron chi connectivity index (χ4n) is 8.83. The molecule has 0 saturated carbocycles. The number of hydrogen-bond donors (Lipinski definition) is 17. The van der Waals surface area contributed by atoms with Gasteiger partial charge in [0.25, 0.3) is 0 Å². The van der Waals surface area contributed by atoms with E-state index in [0.717, 1.165) is 0 Å². The van der Waals surface area contributed by atoms with Crippen LogP contribution >= 0.6 is 0 Å². The van der Waals surface area contributed by atoms with Crippen molar-refractivity contribution in [3.05, 3.63) is 29.8 Å². The average molecular weight is 1430 g/mol. The highest BCUT2D eigenvalue weighted by atomic mass is 16.6. The van der Waals surface area contributed by atoms with Crippen molar-refractivity contribution in [2.45, 2.75) is 127 Å². The van der Waals surface area contributed by atoms with Gasteiger partial charge in [-0.25, -0.2) is 4.79 Å². The number of anilines is 1. The summed E-state index contributed by atoms with van der Waals surface area (Å²) < 4.78 is 66.1. The van der Waals surface area contributed by atoms with Crippen molar-refractivity contribution in [2.75, 3.05) is 210 Å². The van der Waals surface area contributed by atoms with E-state index in [1.807, 2.05) is 0 Å². The van der Waals surface area contributed by atoms with Crippen LogP contribution in [0, 0.1) is 11.8 Å². The number of rotatable bonds is 68. The van der Waals surface area contributed by atoms with Crippen LogP contribution in [0.3, 0.4) is 0 Å². The Bertz CT molecular complexity index is 2130. The number of nitrogens with zero attached hydrogens (tertiary/aromatic N) is 1. The molecule has 1 aromatic carbocycles. The van der Waals surface area contributed by atoms with E-state index >= 15 is 0 Å². The lowest BCUT2D eigenvalue weighted by molar-refractivity contribution is -0.133. The second-order valence-electron chi connectivity index (χ2n) is 23.3. The van der Waals surface area contributed by atoms with Gasteiger partial charge >= 0.3 is 6.03 Å². The first kappa shape index (κ1) is 92.4. The smallest absolute Gasteiger partial charge is 0.312 e. The van der Waals surface area contributed by atoms with Crippen LogP contribution in [0.5, 0.6) is 0 Å². The molecule has 0 saturated heterocycles. The Kier molecular flexibility index (Phi) is 56.9. The number of carbonyl (C=O) groups excluding carboxylic acids is 5. The Hall–Kier alpha value is -4.59. The number of carbonyl (C=O) groups is 5. The normalized spacial score (nSPS) is 15.2. The molecule has 0 aromatic heterocycles. The van der Waals surface area contributed by atoms with Crippen molar-refractivity contribution in [1.29, 1.82) is 0 Å². The molecule has 35 heteroatoms. The van der Waals surface area contributed by atoms with Crippen LogP contribution in [0.4, 0.5) is 10.5 Å². The molecule has 1 rings (SSSR count). The van der Waals surface area contributed by atoms with Gasteiger partial charge in [0.15, 0.2) is 0 Å². The summed E-state index contributed by atoms with van der Waals surface area (Å²) in [5.41, 5.74) is 6.29. The second-order valence-corrected chi connectivity index (χ2v) is 23.3. The van der Waals surface area contributed by atoms with E-state index in [1.165, 1.54) is 4.90 Å². The van der Waals surface area contributed by atoms with Gasteiger partial charge in [-0.15, -0.1) is 0 Å². The molecule has 578 valence electrons. The van der Waals surface area contributed by atoms with Gasteiger partial charge in [0.05, 0.1) is 191 Å². The predicted molar refractivity (Wildman–Crippen MR) is 356 cm³/mol. The van der Waals surface area contributed by atoms with E-state index < -0.39 is 111 Å². The Labute approximate surface area is 580 Å². The number of benzene rings is 1. The molecule has 0 fully saturated rings. The number of aliphatic hydroxyl groups is 11. The first-order valence-corrected chi connectivity index (χ1v) is 33.9. The molecular formula is C64H119N7O28. The van der Waals surface area contributed by atoms with Crippen LogP contribution in [-0.4, -0.2) is 356 Å². The summed E-state index contributed by atoms with van der Waals surface area (Å²) in [5, 5.41) is 122. The Balaban J connectivity index is 1.96. The van der Waals surface area contributed by atoms with E-state index in [0.29, 0.717) is 169 Å². The summed E-state index contributed by atoms with van der Waals surface area (Å²) in [6, 6.07) is 3.96. The van der Waals surface area contributed by atoms with Crippen molar-refractivity contribution in [2.24, 2.45) is 17.6 Å². The van der Waals surface area contributed by atoms with Crippen LogP contribution in [0.15, 0.2) is 24.3 Å². The van der Waals surface area contributed by atoms with Crippen molar-refractivity contribution >= 4 is 35.3 Å². The lowest BCUT2D eigenvalue weighted by Crippen LogP contribution is -2.55. The minimum absolute atomic E-state index is 0.0146. The maximum absolute atomic E-state index is 13.5. The molecule has 0 aliphatic carbocycles. The summed E-state index contributed by atoms with van der Waals surface area (Å²) in [7, 11) is 0. The zero-order valence-electron chi connectivity index (χ0n) is 58.0. The summed E-state index contributed by atoms with van der Waals surface area (Å²) in [5.74, 6) is -2.22. The molecule has 0 bridgehead atoms. The molecule has 35 nitrogen and oxygen atoms in total. The molecule has 99 heavy (non-hydrogen) atoms. The molecular weight excluding hydrogens is 1310 g/mol. The Morgan fingerprint density at radius 3 is 1.18 bits per heavy atom. The maximum atomic E-state index is 13.5. The van der Waals surface area contributed by atoms with Crippen molar-refractivity contribution < 1.29 is 137 Å². The number of amides is 6. The summed E-state index contributed by atoms with van der Waals surface area (Å²) >= 11 is 0. The molecule has 0 radical (unpaired) electrons. The number of hydrogen-bond acceptors (Lipinski definition) is 29. The minimum atomic E-state index is -1.89. The van der Waals surface area contributed by atoms with Gasteiger partial charge in [0.1, 0.15) is 48.7 Å². The quantitative estimate of drug-likeness (QED) is 0.0271. The van der Waals surface area contributed by atoms with Crippen molar-refractivity contribution in [1.82, 2.24) is 26.2 Å². The molecule has 0 spiro atoms. The number of unbranched alkanes of at least 4 members (excludes halogenated alkanes) is 1. The number of primary amides is 1. The highest BCUT2D eigenvalue weighted by Crippen LogP contribution is 2.15. The van der Waals surface area contributed by atoms with E-state index in [-0.39, 0.29) is 83.3 Å². The molecule has 0 aliphatic rings. The van der Waals surface area contributed by atoms with E-state index in [1.54, 1.807) is 45.0 Å². The molecule has 11 atom stereocenters. The van der Waals surface area contributed by atoms with Gasteiger partial charge in [-0.1, -0.05) is 39.3 Å². The molecule has 1 aromatic rings. The highest BCUT2D eigenvalue weighted by molar-refractivity contribution is 5.98. The third kappa shape index (κ3) is 48.1. The van der Waals surface area contributed by atoms with Crippen LogP contribution < -0.4 is 32.3 Å². The first-order chi connectivity index (χ1) is 47.7. The number of aliphatic hydroxyl groups excluding tert-OH is 11. The SMILES string of the molecule is CC(C)[C@H](NC(=O)[C@@H](C)CCCCNC(=O)CCOCCOCCOCCOCCOCCOCCOCCOCCOCCOCCOCCOCCN(C[C@@H](O)[C@@H](O)[C@H](O)[C@H](O)CO)C[C@@H](O)[C@@H](O)[C@H](O)[C@H](O)CO)C(=O)N[C@@H](CCCNC(N)=O)C(=O)Nc1ccc(CO)cc1. The summed E-state index contributed by atoms with van der Waals surface area (Å²) in [6.45, 7) is 11.4. The summed E-state index contributed by atoms with van der Waals surface area (Å²) in [6.07, 6.45) is -11.9. The Morgan fingerprint density at radius 1 is 0.434 bits per heavy atom. The number of ether oxygens (including phenoxy) is 12. The fraction of sp³-hybridized carbons (Fsp3) is 0.828. The van der Waals surface area contributed by atoms with Gasteiger partial charge in [-0.2, -0.15) is 0 Å². The van der Waals surface area contributed by atoms with Crippen molar-refractivity contribution in [3.8, 4) is 0 Å². The van der Waals surface area contributed by atoms with Gasteiger partial charge in [-0.3, -0.25) is 24.1 Å². The zero-order chi connectivity index (χ0) is 73.3. The topological polar surface area (TPSA) is 508 Å². The number of nitrogens with two attached hydrogens (primary N) is 1. The van der Waals surface area contributed by atoms with Gasteiger partial charge in [-0.05, 0) is 49.3 Å². The highest BCUT2D eigenvalue weighted by Gasteiger charge is 2.35. The van der Waals surface area contributed by atoms with E-state index in [4.69, 9.17) is 72.8 Å². The third-order valence-electron chi connectivity index (χ3n) is 14.7. The maximum Gasteiger partial charge on any atom is 0.312 e. The third-order valence-corrected chi connectivity index (χ3v) is 14.7. The van der Waals surface area contributed by atoms with Gasteiger partial charge in [0.2, 0.25) is 23.6 Å². The predicted octanol–water partition coefficient (Wildman–Crippen LogP) is -5.12. The molecule has 0 unspecified atom stereocenters. The van der Waals surface area contributed by atoms with E-state index in [9.17, 15) is 69.9 Å². The lowest BCUT2D eigenvalue weighted by atomic mass is 9.99. The van der Waals surface area contributed by atoms with Crippen LogP contribution in [0.2, 0.25) is 0 Å². The number of urea groups is 1. The second kappa shape index (κ2) is 60.9. The van der Waals surface area contributed by atoms with Crippen LogP contribution in [0.1, 0.15) is 64.9 Å². The standard InChI is InChI=1S/C64H119N7O28/c1-46(2)56(63(86)69-50(8-6-15-67-64(65)87)62(85)68-49-11-9-48(43-72)10-12-49)70-61(84)47(3)7-4-5-14-66-55(79)13-17-88-19-21-90-23-25-92-27-29-94-31-33-96-35-37-98-39-40-99-38-36-97-34-32-95-30-28-93-26-24-91-22-20-89-18-16-71(41-51(75)57(80)59(82)53(77)44-73)42-52(76)58(81)60(83)54(78)45-74/h9-12,46-47,50-54,56-60,72-78,80-83H,4-8,13-45H2,1-3H3,(H,66,79)(H,68,85)(H,69,86)(H,70,84)(H3,65,67,87)/t47-,50-,51+,52+,53+,54+,56-,57+,58+,59+,60+/m0/s1. The minimum Gasteiger partial charge on any atom is -0.394 e. The van der Waals surface area contributed by atoms with Crippen LogP contribution in [-0.2, 0) is 82.6 Å². The molecule has 0 heterocycles. The molecule has 18 N–H and O–H groups in total. The number of nitrogens with one attached hydrogen (secondary N) is 5. The van der Waals surface area contributed by atoms with E-state index in [2.05, 4.69) is 26.6 Å². The molecule has 6 amide bonds. The van der Waals surface area contributed by atoms with Gasteiger partial charge in [0, 0.05) is 50.7 Å².